The molecule has 10 heteroatoms. The Hall–Kier alpha value is -7.56. The maximum absolute atomic E-state index is 4.35. The van der Waals surface area contributed by atoms with Crippen LogP contribution in [0, 0.1) is 20.8 Å². The molecular formula is C71H91N9S. The van der Waals surface area contributed by atoms with Gasteiger partial charge < -0.3 is 14.5 Å². The zero-order valence-corrected chi connectivity index (χ0v) is 52.5. The number of thiazole rings is 1. The van der Waals surface area contributed by atoms with Crippen molar-refractivity contribution in [1.82, 2.24) is 44.3 Å². The van der Waals surface area contributed by atoms with Gasteiger partial charge in [-0.15, -0.1) is 11.3 Å². The van der Waals surface area contributed by atoms with E-state index in [0.717, 1.165) is 5.52 Å². The molecule has 8 heterocycles. The Morgan fingerprint density at radius 1 is 0.506 bits per heavy atom. The lowest BCUT2D eigenvalue weighted by molar-refractivity contribution is 0.818. The highest BCUT2D eigenvalue weighted by Crippen LogP contribution is 2.30. The van der Waals surface area contributed by atoms with E-state index in [0.29, 0.717) is 41.4 Å². The van der Waals surface area contributed by atoms with Crippen LogP contribution >= 0.6 is 11.3 Å². The van der Waals surface area contributed by atoms with Gasteiger partial charge in [-0.1, -0.05) is 182 Å². The van der Waals surface area contributed by atoms with Crippen LogP contribution in [0.3, 0.4) is 0 Å². The number of rotatable bonds is 7. The van der Waals surface area contributed by atoms with Gasteiger partial charge in [0.15, 0.2) is 0 Å². The van der Waals surface area contributed by atoms with Crippen molar-refractivity contribution in [3.8, 4) is 0 Å². The van der Waals surface area contributed by atoms with Crippen LogP contribution in [0.4, 0.5) is 0 Å². The maximum Gasteiger partial charge on any atom is 0.0923 e. The van der Waals surface area contributed by atoms with Crippen molar-refractivity contribution >= 4 is 60.5 Å². The summed E-state index contributed by atoms with van der Waals surface area (Å²) in [6.07, 6.45) is 12.0. The molecule has 4 aromatic carbocycles. The summed E-state index contributed by atoms with van der Waals surface area (Å²) in [5, 5.41) is 18.1. The Balaban J connectivity index is 0.000000153. The number of fused-ring (bicyclic) bond motifs is 5. The largest absolute Gasteiger partial charge is 0.361 e. The van der Waals surface area contributed by atoms with Crippen molar-refractivity contribution in [2.45, 2.75) is 159 Å². The number of hydrogen-bond donors (Lipinski definition) is 3. The summed E-state index contributed by atoms with van der Waals surface area (Å²) >= 11 is 1.81. The number of benzene rings is 4. The van der Waals surface area contributed by atoms with E-state index in [2.05, 4.69) is 268 Å². The van der Waals surface area contributed by atoms with E-state index in [1.807, 2.05) is 70.8 Å². The van der Waals surface area contributed by atoms with Gasteiger partial charge in [-0.2, -0.15) is 10.2 Å². The summed E-state index contributed by atoms with van der Waals surface area (Å²) in [6.45, 7) is 37.1. The van der Waals surface area contributed by atoms with Crippen LogP contribution in [-0.4, -0.2) is 44.3 Å². The number of H-pyrrole nitrogens is 3. The SMILES string of the molecule is CC(C)c1[nH]nc2ccccc12.CC(C)c1c[nH]c2ccccc12.CC(C)c1cccnc1.CC(C)c1cn(C)c2ccccc12.CC(C)c1cnn2ccccc12.Cc1[nH]c2ccccc2c1C(C)C.Cc1nc(C)c(C(C)C)s1. The Labute approximate surface area is 487 Å². The van der Waals surface area contributed by atoms with Crippen molar-refractivity contribution in [3.05, 3.63) is 219 Å². The van der Waals surface area contributed by atoms with Gasteiger partial charge in [0.05, 0.1) is 27.9 Å². The van der Waals surface area contributed by atoms with Crippen LogP contribution in [0.1, 0.15) is 193 Å². The smallest absolute Gasteiger partial charge is 0.0923 e. The highest BCUT2D eigenvalue weighted by Gasteiger charge is 2.12. The predicted octanol–water partition coefficient (Wildman–Crippen LogP) is 20.4. The maximum atomic E-state index is 4.35. The molecule has 0 aliphatic heterocycles. The lowest BCUT2D eigenvalue weighted by Crippen LogP contribution is -1.87. The zero-order valence-electron chi connectivity index (χ0n) is 51.7. The Morgan fingerprint density at radius 3 is 1.67 bits per heavy atom. The molecule has 0 bridgehead atoms. The van der Waals surface area contributed by atoms with Crippen LogP contribution in [0.25, 0.3) is 49.1 Å². The number of nitrogens with one attached hydrogen (secondary N) is 3. The third-order valence-corrected chi connectivity index (χ3v) is 15.6. The monoisotopic (exact) mass is 1100 g/mol. The Bertz CT molecular complexity index is 3580. The quantitative estimate of drug-likeness (QED) is 0.148. The highest BCUT2D eigenvalue weighted by atomic mass is 32.1. The highest BCUT2D eigenvalue weighted by molar-refractivity contribution is 7.11. The topological polar surface area (TPSA) is 108 Å². The van der Waals surface area contributed by atoms with E-state index in [9.17, 15) is 0 Å². The van der Waals surface area contributed by atoms with Crippen LogP contribution in [0.15, 0.2) is 165 Å². The van der Waals surface area contributed by atoms with Gasteiger partial charge in [0, 0.05) is 98.0 Å². The molecule has 12 aromatic rings. The summed E-state index contributed by atoms with van der Waals surface area (Å²) in [7, 11) is 2.11. The van der Waals surface area contributed by atoms with Gasteiger partial charge in [0.25, 0.3) is 0 Å². The summed E-state index contributed by atoms with van der Waals surface area (Å²) in [5.41, 5.74) is 16.7. The minimum Gasteiger partial charge on any atom is -0.361 e. The molecule has 0 aliphatic rings. The molecule has 0 saturated carbocycles. The Kier molecular flexibility index (Phi) is 23.0. The molecule has 81 heavy (non-hydrogen) atoms. The van der Waals surface area contributed by atoms with Gasteiger partial charge in [0.1, 0.15) is 0 Å². The predicted molar refractivity (Wildman–Crippen MR) is 350 cm³/mol. The molecule has 0 aliphatic carbocycles. The van der Waals surface area contributed by atoms with Crippen molar-refractivity contribution in [2.75, 3.05) is 0 Å². The number of para-hydroxylation sites is 4. The number of nitrogens with zero attached hydrogens (tertiary/aromatic N) is 6. The first-order valence-electron chi connectivity index (χ1n) is 29.0. The standard InChI is InChI=1S/2C12H15N.C11H13N.2C10H12N2.C8H13NS.C8H11N/c1-9(2)11-8-13(3)12-7-5-4-6-10(11)12;1-8(2)12-9(3)13-11-7-5-4-6-10(11)12;1-8(2)10-7-12-11-6-4-3-5-9(10)11;1-8(2)9-7-11-12-6-4-3-5-10(9)12;1-7(2)10-8-5-3-4-6-9(8)11-12-10;1-5(2)8-6(3)9-7(4)10-8;1-7(2)8-4-3-5-9-6-8/h4-9H,1-3H3;4-8,13H,1-3H3;3-8,12H,1-2H3;3-8H,1-2H3;3-7H,1-2H3,(H,11,12);5H,1-4H3;3-7H,1-2H3. The van der Waals surface area contributed by atoms with Crippen LogP contribution in [0.5, 0.6) is 0 Å². The fourth-order valence-electron chi connectivity index (χ4n) is 10.1. The van der Waals surface area contributed by atoms with Crippen LogP contribution < -0.4 is 0 Å². The second-order valence-corrected chi connectivity index (χ2v) is 24.3. The second kappa shape index (κ2) is 29.8. The normalized spacial score (nSPS) is 11.1. The van der Waals surface area contributed by atoms with E-state index >= 15 is 0 Å². The van der Waals surface area contributed by atoms with Crippen molar-refractivity contribution in [2.24, 2.45) is 7.05 Å². The average Bonchev–Trinajstić information content (AvgIpc) is 4.52. The molecule has 3 N–H and O–H groups in total. The van der Waals surface area contributed by atoms with Gasteiger partial charge >= 0.3 is 0 Å². The lowest BCUT2D eigenvalue weighted by atomic mass is 10.00. The molecule has 0 unspecified atom stereocenters. The van der Waals surface area contributed by atoms with Gasteiger partial charge in [-0.25, -0.2) is 9.50 Å². The minimum atomic E-state index is 0.511. The molecule has 426 valence electrons. The first kappa shape index (κ1) is 62.6. The number of hydrogen-bond acceptors (Lipinski definition) is 5. The van der Waals surface area contributed by atoms with E-state index in [1.54, 1.807) is 6.20 Å². The van der Waals surface area contributed by atoms with E-state index in [1.165, 1.54) is 98.4 Å². The molecule has 0 radical (unpaired) electrons. The average molecular weight is 1100 g/mol. The van der Waals surface area contributed by atoms with E-state index < -0.39 is 0 Å². The Morgan fingerprint density at radius 2 is 1.10 bits per heavy atom. The first-order chi connectivity index (χ1) is 38.7. The molecule has 0 amide bonds. The summed E-state index contributed by atoms with van der Waals surface area (Å²) in [6, 6.07) is 43.9. The van der Waals surface area contributed by atoms with Crippen molar-refractivity contribution < 1.29 is 0 Å². The van der Waals surface area contributed by atoms with Crippen LogP contribution in [-0.2, 0) is 7.05 Å². The fourth-order valence-corrected chi connectivity index (χ4v) is 11.0. The molecule has 9 nitrogen and oxygen atoms in total. The van der Waals surface area contributed by atoms with Crippen molar-refractivity contribution in [1.29, 1.82) is 0 Å². The fraction of sp³-hybridized carbons (Fsp3) is 0.352. The summed E-state index contributed by atoms with van der Waals surface area (Å²) in [4.78, 5) is 16.5. The third-order valence-electron chi connectivity index (χ3n) is 14.3. The molecule has 0 spiro atoms. The third kappa shape index (κ3) is 16.8. The lowest BCUT2D eigenvalue weighted by Gasteiger charge is -2.04. The first-order valence-corrected chi connectivity index (χ1v) is 29.9. The molecular weight excluding hydrogens is 1010 g/mol. The molecule has 0 saturated heterocycles. The number of pyridine rings is 2. The molecule has 0 fully saturated rings. The van der Waals surface area contributed by atoms with Gasteiger partial charge in [-0.3, -0.25) is 10.1 Å². The van der Waals surface area contributed by atoms with Gasteiger partial charge in [-0.05, 0) is 127 Å². The summed E-state index contributed by atoms with van der Waals surface area (Å²) in [5.74, 6) is 4.08. The van der Waals surface area contributed by atoms with Crippen molar-refractivity contribution in [3.63, 3.8) is 0 Å². The molecule has 8 aromatic heterocycles. The summed E-state index contributed by atoms with van der Waals surface area (Å²) < 4.78 is 4.11. The van der Waals surface area contributed by atoms with Gasteiger partial charge in [0.2, 0.25) is 0 Å². The number of aromatic nitrogens is 9. The molecule has 0 atom stereocenters. The molecule has 12 rings (SSSR count). The minimum absolute atomic E-state index is 0.511. The number of aromatic amines is 3. The second-order valence-electron chi connectivity index (χ2n) is 23.0. The van der Waals surface area contributed by atoms with E-state index in [4.69, 9.17) is 0 Å². The number of aryl methyl sites for hydroxylation is 4. The zero-order chi connectivity index (χ0) is 58.9. The van der Waals surface area contributed by atoms with E-state index in [-0.39, 0.29) is 0 Å². The van der Waals surface area contributed by atoms with Crippen LogP contribution in [0.2, 0.25) is 0 Å².